The van der Waals surface area contributed by atoms with E-state index in [4.69, 9.17) is 4.52 Å². The number of nitrogens with one attached hydrogen (secondary N) is 1. The van der Waals surface area contributed by atoms with Crippen molar-refractivity contribution in [2.45, 2.75) is 38.1 Å². The van der Waals surface area contributed by atoms with Gasteiger partial charge >= 0.3 is 0 Å². The molecule has 2 aromatic heterocycles. The zero-order valence-electron chi connectivity index (χ0n) is 15.6. The van der Waals surface area contributed by atoms with Gasteiger partial charge in [-0.15, -0.1) is 10.2 Å². The Morgan fingerprint density at radius 1 is 1.35 bits per heavy atom. The van der Waals surface area contributed by atoms with Gasteiger partial charge in [0, 0.05) is 45.0 Å². The molecule has 9 nitrogen and oxygen atoms in total. The molecule has 3 rings (SSSR count). The number of H-pyrrole nitrogens is 1. The molecule has 1 fully saturated rings. The van der Waals surface area contributed by atoms with E-state index >= 15 is 0 Å². The number of amides is 1. The minimum atomic E-state index is -0.273. The second-order valence-electron chi connectivity index (χ2n) is 7.11. The number of piperidine rings is 1. The molecule has 1 aliphatic rings. The third-order valence-corrected chi connectivity index (χ3v) is 4.83. The van der Waals surface area contributed by atoms with Crippen LogP contribution in [-0.4, -0.2) is 62.8 Å². The van der Waals surface area contributed by atoms with Gasteiger partial charge in [0.2, 0.25) is 5.91 Å². The van der Waals surface area contributed by atoms with Crippen molar-refractivity contribution < 1.29 is 9.32 Å². The van der Waals surface area contributed by atoms with Gasteiger partial charge in [0.1, 0.15) is 17.4 Å². The van der Waals surface area contributed by atoms with Gasteiger partial charge in [-0.2, -0.15) is 5.16 Å². The molecule has 142 valence electrons. The Kier molecular flexibility index (Phi) is 5.55. The van der Waals surface area contributed by atoms with Crippen LogP contribution in [0.3, 0.4) is 0 Å². The normalized spacial score (nSPS) is 15.8. The van der Waals surface area contributed by atoms with E-state index in [1.165, 1.54) is 6.07 Å². The van der Waals surface area contributed by atoms with E-state index < -0.39 is 0 Å². The summed E-state index contributed by atoms with van der Waals surface area (Å²) in [6.45, 7) is 2.20. The largest absolute Gasteiger partial charge is 0.384 e. The van der Waals surface area contributed by atoms with Crippen molar-refractivity contribution in [3.8, 4) is 0 Å². The number of aromatic amines is 1. The Balaban J connectivity index is 1.51. The summed E-state index contributed by atoms with van der Waals surface area (Å²) < 4.78 is 7.07. The lowest BCUT2D eigenvalue weighted by atomic mass is 9.95. The number of rotatable bonds is 6. The van der Waals surface area contributed by atoms with Crippen molar-refractivity contribution in [2.24, 2.45) is 7.05 Å². The summed E-state index contributed by atoms with van der Waals surface area (Å²) in [6, 6.07) is 1.39. The number of aromatic nitrogens is 4. The maximum absolute atomic E-state index is 12.4. The van der Waals surface area contributed by atoms with Crippen molar-refractivity contribution in [3.63, 3.8) is 0 Å². The summed E-state index contributed by atoms with van der Waals surface area (Å²) in [5, 5.41) is 10.9. The van der Waals surface area contributed by atoms with E-state index in [0.29, 0.717) is 24.5 Å². The summed E-state index contributed by atoms with van der Waals surface area (Å²) in [5.74, 6) is 2.90. The molecule has 1 amide bonds. The highest BCUT2D eigenvalue weighted by atomic mass is 16.5. The average molecular weight is 362 g/mol. The molecule has 3 heterocycles. The van der Waals surface area contributed by atoms with Gasteiger partial charge in [0.05, 0.1) is 6.54 Å². The van der Waals surface area contributed by atoms with Crippen molar-refractivity contribution in [2.75, 3.05) is 27.2 Å². The quantitative estimate of drug-likeness (QED) is 0.803. The Bertz CT molecular complexity index is 798. The van der Waals surface area contributed by atoms with E-state index in [1.807, 2.05) is 26.0 Å². The number of carbonyl (C=O) groups is 1. The molecule has 26 heavy (non-hydrogen) atoms. The SMILES string of the molecule is CN(C)Cc1nnc(C2CCN(C(=O)CCc3cc(=O)[nH]o3)CC2)n1C. The molecule has 0 radical (unpaired) electrons. The smallest absolute Gasteiger partial charge is 0.280 e. The Morgan fingerprint density at radius 3 is 2.69 bits per heavy atom. The van der Waals surface area contributed by atoms with E-state index in [-0.39, 0.29) is 11.5 Å². The van der Waals surface area contributed by atoms with Crippen molar-refractivity contribution in [3.05, 3.63) is 33.8 Å². The second kappa shape index (κ2) is 7.86. The van der Waals surface area contributed by atoms with Crippen LogP contribution in [0, 0.1) is 0 Å². The minimum Gasteiger partial charge on any atom is -0.384 e. The van der Waals surface area contributed by atoms with Crippen LogP contribution in [0.15, 0.2) is 15.4 Å². The standard InChI is InChI=1S/C17H26N6O3/c1-21(2)11-14-18-19-17(22(14)3)12-6-8-23(9-7-12)16(25)5-4-13-10-15(24)20-26-13/h10,12H,4-9,11H2,1-3H3,(H,20,24). The minimum absolute atomic E-state index is 0.0959. The predicted octanol–water partition coefficient (Wildman–Crippen LogP) is 0.497. The van der Waals surface area contributed by atoms with E-state index in [1.54, 1.807) is 0 Å². The first-order valence-corrected chi connectivity index (χ1v) is 8.92. The molecule has 0 bridgehead atoms. The average Bonchev–Trinajstić information content (AvgIpc) is 3.19. The van der Waals surface area contributed by atoms with Gasteiger partial charge in [-0.25, -0.2) is 0 Å². The summed E-state index contributed by atoms with van der Waals surface area (Å²) in [4.78, 5) is 27.4. The maximum Gasteiger partial charge on any atom is 0.280 e. The van der Waals surface area contributed by atoms with Crippen LogP contribution in [0.5, 0.6) is 0 Å². The molecule has 1 N–H and O–H groups in total. The van der Waals surface area contributed by atoms with Crippen molar-refractivity contribution in [1.29, 1.82) is 0 Å². The third kappa shape index (κ3) is 4.21. The molecule has 1 saturated heterocycles. The highest BCUT2D eigenvalue weighted by molar-refractivity contribution is 5.76. The Morgan fingerprint density at radius 2 is 2.08 bits per heavy atom. The maximum atomic E-state index is 12.4. The van der Waals surface area contributed by atoms with Gasteiger partial charge in [-0.05, 0) is 26.9 Å². The molecule has 0 aromatic carbocycles. The van der Waals surface area contributed by atoms with Gasteiger partial charge in [-0.1, -0.05) is 0 Å². The fourth-order valence-corrected chi connectivity index (χ4v) is 3.37. The lowest BCUT2D eigenvalue weighted by Crippen LogP contribution is -2.38. The first kappa shape index (κ1) is 18.4. The number of likely N-dealkylation sites (tertiary alicyclic amines) is 1. The number of carbonyl (C=O) groups excluding carboxylic acids is 1. The molecule has 0 saturated carbocycles. The van der Waals surface area contributed by atoms with Crippen LogP contribution in [0.2, 0.25) is 0 Å². The summed E-state index contributed by atoms with van der Waals surface area (Å²) >= 11 is 0. The van der Waals surface area contributed by atoms with Crippen LogP contribution in [0.1, 0.15) is 42.6 Å². The molecule has 0 atom stereocenters. The van der Waals surface area contributed by atoms with E-state index in [9.17, 15) is 9.59 Å². The molecule has 0 unspecified atom stereocenters. The molecule has 9 heteroatoms. The highest BCUT2D eigenvalue weighted by Crippen LogP contribution is 2.27. The van der Waals surface area contributed by atoms with Crippen molar-refractivity contribution in [1.82, 2.24) is 29.7 Å². The highest BCUT2D eigenvalue weighted by Gasteiger charge is 2.27. The number of hydrogen-bond donors (Lipinski definition) is 1. The first-order valence-electron chi connectivity index (χ1n) is 8.92. The molecule has 0 aliphatic carbocycles. The van der Waals surface area contributed by atoms with Crippen LogP contribution < -0.4 is 5.56 Å². The summed E-state index contributed by atoms with van der Waals surface area (Å²) in [6.07, 6.45) is 2.56. The zero-order valence-corrected chi connectivity index (χ0v) is 15.6. The van der Waals surface area contributed by atoms with Crippen LogP contribution in [0.4, 0.5) is 0 Å². The van der Waals surface area contributed by atoms with Gasteiger partial charge in [-0.3, -0.25) is 9.59 Å². The molecular weight excluding hydrogens is 336 g/mol. The van der Waals surface area contributed by atoms with E-state index in [0.717, 1.165) is 44.1 Å². The number of hydrogen-bond acceptors (Lipinski definition) is 6. The Hall–Kier alpha value is -2.42. The topological polar surface area (TPSA) is 100 Å². The zero-order chi connectivity index (χ0) is 18.7. The van der Waals surface area contributed by atoms with Crippen LogP contribution in [-0.2, 0) is 24.8 Å². The summed E-state index contributed by atoms with van der Waals surface area (Å²) in [7, 11) is 6.03. The first-order chi connectivity index (χ1) is 12.4. The van der Waals surface area contributed by atoms with Crippen LogP contribution in [0.25, 0.3) is 0 Å². The van der Waals surface area contributed by atoms with Gasteiger partial charge < -0.3 is 18.9 Å². The monoisotopic (exact) mass is 362 g/mol. The van der Waals surface area contributed by atoms with Gasteiger partial charge in [0.25, 0.3) is 5.56 Å². The summed E-state index contributed by atoms with van der Waals surface area (Å²) in [5.41, 5.74) is -0.273. The van der Waals surface area contributed by atoms with Crippen molar-refractivity contribution >= 4 is 5.91 Å². The number of aryl methyl sites for hydroxylation is 1. The fraction of sp³-hybridized carbons (Fsp3) is 0.647. The Labute approximate surface area is 151 Å². The molecule has 2 aromatic rings. The predicted molar refractivity (Wildman–Crippen MR) is 94.6 cm³/mol. The van der Waals surface area contributed by atoms with Gasteiger partial charge in [0.15, 0.2) is 0 Å². The molecule has 1 aliphatic heterocycles. The third-order valence-electron chi connectivity index (χ3n) is 4.83. The second-order valence-corrected chi connectivity index (χ2v) is 7.11. The molecule has 0 spiro atoms. The van der Waals surface area contributed by atoms with E-state index in [2.05, 4.69) is 24.8 Å². The number of nitrogens with zero attached hydrogens (tertiary/aromatic N) is 5. The van der Waals surface area contributed by atoms with Crippen LogP contribution >= 0.6 is 0 Å². The lowest BCUT2D eigenvalue weighted by Gasteiger charge is -2.31. The lowest BCUT2D eigenvalue weighted by molar-refractivity contribution is -0.132. The fourth-order valence-electron chi connectivity index (χ4n) is 3.37. The molecular formula is C17H26N6O3.